The largest absolute Gasteiger partial charge is 0.484 e. The van der Waals surface area contributed by atoms with Crippen LogP contribution in [0, 0.1) is 0 Å². The van der Waals surface area contributed by atoms with Gasteiger partial charge in [0.15, 0.2) is 6.61 Å². The molecule has 20 heavy (non-hydrogen) atoms. The summed E-state index contributed by atoms with van der Waals surface area (Å²) in [4.78, 5) is 11.3. The lowest BCUT2D eigenvalue weighted by molar-refractivity contribution is -0.173. The average molecular weight is 356 g/mol. The molecule has 0 aromatic heterocycles. The van der Waals surface area contributed by atoms with Crippen LogP contribution in [0.1, 0.15) is 0 Å². The lowest BCUT2D eigenvalue weighted by Gasteiger charge is -2.09. The Morgan fingerprint density at radius 3 is 2.50 bits per heavy atom. The lowest BCUT2D eigenvalue weighted by Crippen LogP contribution is -2.32. The molecule has 0 fully saturated rings. The second kappa shape index (κ2) is 8.11. The standard InChI is InChI=1S/C12H13BrF3NO3/c13-9-1-3-10(4-2-9)20-7-11(18)17-5-6-19-8-12(14,15)16/h1-4H,5-8H2,(H,17,18). The first-order chi connectivity index (χ1) is 9.37. The van der Waals surface area contributed by atoms with Crippen LogP contribution in [0.25, 0.3) is 0 Å². The van der Waals surface area contributed by atoms with Gasteiger partial charge in [-0.25, -0.2) is 0 Å². The zero-order valence-electron chi connectivity index (χ0n) is 10.4. The van der Waals surface area contributed by atoms with E-state index in [4.69, 9.17) is 4.74 Å². The minimum Gasteiger partial charge on any atom is -0.484 e. The van der Waals surface area contributed by atoms with Crippen LogP contribution in [0.3, 0.4) is 0 Å². The highest BCUT2D eigenvalue weighted by Gasteiger charge is 2.27. The Kier molecular flexibility index (Phi) is 6.80. The average Bonchev–Trinajstić information content (AvgIpc) is 2.36. The van der Waals surface area contributed by atoms with Gasteiger partial charge in [0.05, 0.1) is 6.61 Å². The van der Waals surface area contributed by atoms with Crippen molar-refractivity contribution in [3.05, 3.63) is 28.7 Å². The van der Waals surface area contributed by atoms with Crippen LogP contribution < -0.4 is 10.1 Å². The summed E-state index contributed by atoms with van der Waals surface area (Å²) < 4.78 is 45.6. The van der Waals surface area contributed by atoms with Crippen molar-refractivity contribution < 1.29 is 27.4 Å². The lowest BCUT2D eigenvalue weighted by atomic mass is 10.3. The van der Waals surface area contributed by atoms with Crippen LogP contribution in [0.2, 0.25) is 0 Å². The highest BCUT2D eigenvalue weighted by Crippen LogP contribution is 2.16. The molecule has 1 amide bonds. The Hall–Kier alpha value is -1.28. The van der Waals surface area contributed by atoms with Gasteiger partial charge in [-0.15, -0.1) is 0 Å². The third-order valence-electron chi connectivity index (χ3n) is 2.02. The van der Waals surface area contributed by atoms with E-state index >= 15 is 0 Å². The van der Waals surface area contributed by atoms with Crippen molar-refractivity contribution in [1.82, 2.24) is 5.32 Å². The zero-order chi connectivity index (χ0) is 15.0. The fourth-order valence-corrected chi connectivity index (χ4v) is 1.45. The van der Waals surface area contributed by atoms with Gasteiger partial charge in [0, 0.05) is 11.0 Å². The Bertz CT molecular complexity index is 423. The molecule has 1 N–H and O–H groups in total. The molecule has 1 rings (SSSR count). The van der Waals surface area contributed by atoms with E-state index in [0.717, 1.165) is 4.47 Å². The van der Waals surface area contributed by atoms with Crippen LogP contribution in [0.4, 0.5) is 13.2 Å². The van der Waals surface area contributed by atoms with Gasteiger partial charge in [0.25, 0.3) is 5.91 Å². The van der Waals surface area contributed by atoms with Gasteiger partial charge in [-0.3, -0.25) is 4.79 Å². The Morgan fingerprint density at radius 1 is 1.25 bits per heavy atom. The molecule has 8 heteroatoms. The summed E-state index contributed by atoms with van der Waals surface area (Å²) in [6.07, 6.45) is -4.35. The van der Waals surface area contributed by atoms with Crippen LogP contribution >= 0.6 is 15.9 Å². The number of hydrogen-bond donors (Lipinski definition) is 1. The Labute approximate surface area is 122 Å². The molecule has 0 bridgehead atoms. The first-order valence-corrected chi connectivity index (χ1v) is 6.46. The third-order valence-corrected chi connectivity index (χ3v) is 2.55. The number of halogens is 4. The molecule has 0 saturated carbocycles. The van der Waals surface area contributed by atoms with Gasteiger partial charge in [0.1, 0.15) is 12.4 Å². The van der Waals surface area contributed by atoms with Crippen molar-refractivity contribution >= 4 is 21.8 Å². The molecule has 0 radical (unpaired) electrons. The van der Waals surface area contributed by atoms with Gasteiger partial charge in [-0.05, 0) is 24.3 Å². The molecule has 0 unspecified atom stereocenters. The van der Waals surface area contributed by atoms with Crippen molar-refractivity contribution in [2.45, 2.75) is 6.18 Å². The second-order valence-electron chi connectivity index (χ2n) is 3.76. The molecule has 4 nitrogen and oxygen atoms in total. The molecular formula is C12H13BrF3NO3. The molecule has 1 aromatic rings. The normalized spacial score (nSPS) is 11.2. The summed E-state index contributed by atoms with van der Waals surface area (Å²) in [5.41, 5.74) is 0. The molecule has 0 aliphatic heterocycles. The molecule has 112 valence electrons. The van der Waals surface area contributed by atoms with Gasteiger partial charge in [-0.2, -0.15) is 13.2 Å². The van der Waals surface area contributed by atoms with Crippen molar-refractivity contribution in [2.24, 2.45) is 0 Å². The predicted molar refractivity (Wildman–Crippen MR) is 69.5 cm³/mol. The first kappa shape index (κ1) is 16.8. The van der Waals surface area contributed by atoms with E-state index in [1.54, 1.807) is 24.3 Å². The summed E-state index contributed by atoms with van der Waals surface area (Å²) in [7, 11) is 0. The molecule has 0 aliphatic carbocycles. The number of rotatable bonds is 7. The second-order valence-corrected chi connectivity index (χ2v) is 4.68. The molecular weight excluding hydrogens is 343 g/mol. The summed E-state index contributed by atoms with van der Waals surface area (Å²) in [6.45, 7) is -1.73. The number of alkyl halides is 3. The Morgan fingerprint density at radius 2 is 1.90 bits per heavy atom. The molecule has 0 saturated heterocycles. The molecule has 0 spiro atoms. The number of amides is 1. The smallest absolute Gasteiger partial charge is 0.411 e. The highest BCUT2D eigenvalue weighted by atomic mass is 79.9. The molecule has 0 heterocycles. The van der Waals surface area contributed by atoms with E-state index in [1.165, 1.54) is 0 Å². The summed E-state index contributed by atoms with van der Waals surface area (Å²) in [5, 5.41) is 2.38. The maximum absolute atomic E-state index is 11.7. The highest BCUT2D eigenvalue weighted by molar-refractivity contribution is 9.10. The van der Waals surface area contributed by atoms with Crippen LogP contribution in [0.15, 0.2) is 28.7 Å². The van der Waals surface area contributed by atoms with Gasteiger partial charge in [0.2, 0.25) is 0 Å². The maximum atomic E-state index is 11.7. The van der Waals surface area contributed by atoms with Crippen molar-refractivity contribution in [3.63, 3.8) is 0 Å². The number of hydrogen-bond acceptors (Lipinski definition) is 3. The van der Waals surface area contributed by atoms with Gasteiger partial charge < -0.3 is 14.8 Å². The SMILES string of the molecule is O=C(COc1ccc(Br)cc1)NCCOCC(F)(F)F. The van der Waals surface area contributed by atoms with E-state index in [9.17, 15) is 18.0 Å². The number of nitrogens with one attached hydrogen (secondary N) is 1. The summed E-state index contributed by atoms with van der Waals surface area (Å²) in [6, 6.07) is 6.89. The molecule has 0 atom stereocenters. The Balaban J connectivity index is 2.10. The van der Waals surface area contributed by atoms with Crippen LogP contribution in [0.5, 0.6) is 5.75 Å². The van der Waals surface area contributed by atoms with E-state index in [2.05, 4.69) is 26.0 Å². The maximum Gasteiger partial charge on any atom is 0.411 e. The van der Waals surface area contributed by atoms with Gasteiger partial charge in [-0.1, -0.05) is 15.9 Å². The number of carbonyl (C=O) groups excluding carboxylic acids is 1. The quantitative estimate of drug-likeness (QED) is 0.764. The van der Waals surface area contributed by atoms with Crippen molar-refractivity contribution in [3.8, 4) is 5.75 Å². The topological polar surface area (TPSA) is 47.6 Å². The number of carbonyl (C=O) groups is 1. The number of benzene rings is 1. The van der Waals surface area contributed by atoms with Crippen LogP contribution in [-0.4, -0.2) is 38.4 Å². The summed E-state index contributed by atoms with van der Waals surface area (Å²) >= 11 is 3.26. The van der Waals surface area contributed by atoms with E-state index < -0.39 is 18.7 Å². The minimum absolute atomic E-state index is 0.00138. The minimum atomic E-state index is -4.35. The van der Waals surface area contributed by atoms with Crippen molar-refractivity contribution in [1.29, 1.82) is 0 Å². The zero-order valence-corrected chi connectivity index (χ0v) is 12.0. The molecule has 0 aliphatic rings. The predicted octanol–water partition coefficient (Wildman–Crippen LogP) is 2.52. The van der Waals surface area contributed by atoms with E-state index in [1.807, 2.05) is 0 Å². The van der Waals surface area contributed by atoms with E-state index in [-0.39, 0.29) is 19.8 Å². The number of ether oxygens (including phenoxy) is 2. The fraction of sp³-hybridized carbons (Fsp3) is 0.417. The fourth-order valence-electron chi connectivity index (χ4n) is 1.18. The van der Waals surface area contributed by atoms with E-state index in [0.29, 0.717) is 5.75 Å². The summed E-state index contributed by atoms with van der Waals surface area (Å²) in [5.74, 6) is 0.0974. The molecule has 1 aromatic carbocycles. The van der Waals surface area contributed by atoms with Crippen LogP contribution in [-0.2, 0) is 9.53 Å². The third kappa shape index (κ3) is 8.00. The first-order valence-electron chi connectivity index (χ1n) is 5.66. The van der Waals surface area contributed by atoms with Gasteiger partial charge >= 0.3 is 6.18 Å². The monoisotopic (exact) mass is 355 g/mol. The van der Waals surface area contributed by atoms with Crippen molar-refractivity contribution in [2.75, 3.05) is 26.4 Å².